The van der Waals surface area contributed by atoms with Gasteiger partial charge in [-0.1, -0.05) is 24.3 Å². The van der Waals surface area contributed by atoms with Crippen LogP contribution < -0.4 is 10.2 Å². The molecule has 2 aromatic carbocycles. The first-order valence-electron chi connectivity index (χ1n) is 11.7. The molecule has 2 aliphatic heterocycles. The molecule has 1 N–H and O–H groups in total. The van der Waals surface area contributed by atoms with Gasteiger partial charge in [-0.15, -0.1) is 0 Å². The maximum Gasteiger partial charge on any atom is 0.256 e. The molecule has 4 rings (SSSR count). The van der Waals surface area contributed by atoms with Crippen molar-refractivity contribution in [3.63, 3.8) is 0 Å². The van der Waals surface area contributed by atoms with Gasteiger partial charge < -0.3 is 19.9 Å². The molecule has 2 aliphatic rings. The number of rotatable bonds is 8. The zero-order valence-electron chi connectivity index (χ0n) is 19.3. The molecule has 0 radical (unpaired) electrons. The highest BCUT2D eigenvalue weighted by Crippen LogP contribution is 2.33. The molecule has 0 aromatic heterocycles. The van der Waals surface area contributed by atoms with Gasteiger partial charge >= 0.3 is 0 Å². The van der Waals surface area contributed by atoms with Crippen LogP contribution in [0.1, 0.15) is 59.4 Å². The molecule has 2 heterocycles. The SMILES string of the molecule is CC(C)OCCCNC(=O)c1cccc(CN2C(=O)[C@H]3CCCN3C(=O)c3ccccc32)c1. The van der Waals surface area contributed by atoms with E-state index in [1.54, 1.807) is 21.9 Å². The molecule has 1 fully saturated rings. The second-order valence-electron chi connectivity index (χ2n) is 8.83. The van der Waals surface area contributed by atoms with Crippen molar-refractivity contribution in [1.82, 2.24) is 10.2 Å². The van der Waals surface area contributed by atoms with Crippen LogP contribution in [0.2, 0.25) is 0 Å². The van der Waals surface area contributed by atoms with Crippen LogP contribution in [0.25, 0.3) is 0 Å². The molecular formula is C26H31N3O4. The van der Waals surface area contributed by atoms with Gasteiger partial charge in [0.05, 0.1) is 23.9 Å². The number of anilines is 1. The third kappa shape index (κ3) is 5.09. The molecule has 7 nitrogen and oxygen atoms in total. The van der Waals surface area contributed by atoms with Crippen LogP contribution in [0.3, 0.4) is 0 Å². The molecule has 0 unspecified atom stereocenters. The molecule has 0 saturated carbocycles. The Balaban J connectivity index is 1.50. The van der Waals surface area contributed by atoms with Crippen molar-refractivity contribution in [3.05, 3.63) is 65.2 Å². The Labute approximate surface area is 194 Å². The summed E-state index contributed by atoms with van der Waals surface area (Å²) in [6, 6.07) is 14.2. The average molecular weight is 450 g/mol. The molecular weight excluding hydrogens is 418 g/mol. The lowest BCUT2D eigenvalue weighted by Gasteiger charge is -2.26. The van der Waals surface area contributed by atoms with Gasteiger partial charge in [-0.25, -0.2) is 0 Å². The van der Waals surface area contributed by atoms with E-state index in [2.05, 4.69) is 5.32 Å². The Hall–Kier alpha value is -3.19. The van der Waals surface area contributed by atoms with Crippen molar-refractivity contribution in [2.45, 2.75) is 51.8 Å². The first kappa shape index (κ1) is 23.0. The van der Waals surface area contributed by atoms with E-state index in [1.807, 2.05) is 50.2 Å². The average Bonchev–Trinajstić information content (AvgIpc) is 3.29. The quantitative estimate of drug-likeness (QED) is 0.627. The van der Waals surface area contributed by atoms with Gasteiger partial charge in [0, 0.05) is 25.3 Å². The number of hydrogen-bond donors (Lipinski definition) is 1. The van der Waals surface area contributed by atoms with Crippen molar-refractivity contribution < 1.29 is 19.1 Å². The zero-order valence-corrected chi connectivity index (χ0v) is 19.3. The molecule has 1 saturated heterocycles. The van der Waals surface area contributed by atoms with Gasteiger partial charge in [-0.3, -0.25) is 14.4 Å². The van der Waals surface area contributed by atoms with E-state index >= 15 is 0 Å². The number of ether oxygens (including phenoxy) is 1. The Morgan fingerprint density at radius 1 is 1.15 bits per heavy atom. The monoisotopic (exact) mass is 449 g/mol. The minimum Gasteiger partial charge on any atom is -0.379 e. The number of carbonyl (C=O) groups excluding carboxylic acids is 3. The highest BCUT2D eigenvalue weighted by Gasteiger charge is 2.41. The summed E-state index contributed by atoms with van der Waals surface area (Å²) in [7, 11) is 0. The number of para-hydroxylation sites is 1. The number of fused-ring (bicyclic) bond motifs is 2. The molecule has 2 aromatic rings. The molecule has 0 aliphatic carbocycles. The fourth-order valence-electron chi connectivity index (χ4n) is 4.46. The normalized spacial score (nSPS) is 17.7. The lowest BCUT2D eigenvalue weighted by Crippen LogP contribution is -2.44. The van der Waals surface area contributed by atoms with Gasteiger partial charge in [0.2, 0.25) is 5.91 Å². The highest BCUT2D eigenvalue weighted by atomic mass is 16.5. The molecule has 33 heavy (non-hydrogen) atoms. The van der Waals surface area contributed by atoms with Gasteiger partial charge in [-0.05, 0) is 62.9 Å². The third-order valence-electron chi connectivity index (χ3n) is 6.08. The van der Waals surface area contributed by atoms with E-state index in [-0.39, 0.29) is 23.8 Å². The van der Waals surface area contributed by atoms with Crippen molar-refractivity contribution in [2.24, 2.45) is 0 Å². The minimum atomic E-state index is -0.426. The molecule has 0 spiro atoms. The fraction of sp³-hybridized carbons (Fsp3) is 0.423. The van der Waals surface area contributed by atoms with Crippen LogP contribution in [-0.4, -0.2) is 54.5 Å². The molecule has 1 atom stereocenters. The van der Waals surface area contributed by atoms with Crippen molar-refractivity contribution in [3.8, 4) is 0 Å². The van der Waals surface area contributed by atoms with Crippen LogP contribution in [0.15, 0.2) is 48.5 Å². The fourth-order valence-corrected chi connectivity index (χ4v) is 4.46. The van der Waals surface area contributed by atoms with Crippen LogP contribution in [0.5, 0.6) is 0 Å². The predicted octanol–water partition coefficient (Wildman–Crippen LogP) is 3.38. The third-order valence-corrected chi connectivity index (χ3v) is 6.08. The number of nitrogens with zero attached hydrogens (tertiary/aromatic N) is 2. The van der Waals surface area contributed by atoms with Gasteiger partial charge in [0.25, 0.3) is 11.8 Å². The second-order valence-corrected chi connectivity index (χ2v) is 8.83. The van der Waals surface area contributed by atoms with E-state index in [9.17, 15) is 14.4 Å². The van der Waals surface area contributed by atoms with Crippen LogP contribution >= 0.6 is 0 Å². The zero-order chi connectivity index (χ0) is 23.4. The number of carbonyl (C=O) groups is 3. The maximum absolute atomic E-state index is 13.5. The van der Waals surface area contributed by atoms with Gasteiger partial charge in [0.1, 0.15) is 6.04 Å². The largest absolute Gasteiger partial charge is 0.379 e. The van der Waals surface area contributed by atoms with Gasteiger partial charge in [-0.2, -0.15) is 0 Å². The van der Waals surface area contributed by atoms with E-state index < -0.39 is 6.04 Å². The Morgan fingerprint density at radius 2 is 1.97 bits per heavy atom. The first-order chi connectivity index (χ1) is 16.0. The number of hydrogen-bond acceptors (Lipinski definition) is 4. The Bertz CT molecular complexity index is 1040. The number of benzene rings is 2. The van der Waals surface area contributed by atoms with E-state index in [4.69, 9.17) is 4.74 Å². The molecule has 174 valence electrons. The summed E-state index contributed by atoms with van der Waals surface area (Å²) in [6.45, 7) is 6.01. The highest BCUT2D eigenvalue weighted by molar-refractivity contribution is 6.11. The topological polar surface area (TPSA) is 79.0 Å². The predicted molar refractivity (Wildman–Crippen MR) is 126 cm³/mol. The lowest BCUT2D eigenvalue weighted by molar-refractivity contribution is -0.122. The van der Waals surface area contributed by atoms with Crippen LogP contribution in [0, 0.1) is 0 Å². The molecule has 0 bridgehead atoms. The Morgan fingerprint density at radius 3 is 2.79 bits per heavy atom. The first-order valence-corrected chi connectivity index (χ1v) is 11.7. The summed E-state index contributed by atoms with van der Waals surface area (Å²) >= 11 is 0. The summed E-state index contributed by atoms with van der Waals surface area (Å²) in [5.74, 6) is -0.300. The molecule has 3 amide bonds. The lowest BCUT2D eigenvalue weighted by atomic mass is 10.1. The summed E-state index contributed by atoms with van der Waals surface area (Å²) in [5.41, 5.74) is 2.56. The Kier molecular flexibility index (Phi) is 7.08. The minimum absolute atomic E-state index is 0.0641. The van der Waals surface area contributed by atoms with Crippen LogP contribution in [-0.2, 0) is 16.1 Å². The molecule has 7 heteroatoms. The standard InChI is InChI=1S/C26H31N3O4/c1-18(2)33-15-7-13-27-24(30)20-9-5-8-19(16-20)17-29-22-11-4-3-10-21(22)25(31)28-14-6-12-23(28)26(29)32/h3-5,8-11,16,18,23H,6-7,12-15,17H2,1-2H3,(H,27,30)/t23-/m1/s1. The van der Waals surface area contributed by atoms with Crippen LogP contribution in [0.4, 0.5) is 5.69 Å². The second kappa shape index (κ2) is 10.2. The van der Waals surface area contributed by atoms with E-state index in [0.29, 0.717) is 49.5 Å². The van der Waals surface area contributed by atoms with Gasteiger partial charge in [0.15, 0.2) is 0 Å². The van der Waals surface area contributed by atoms with E-state index in [1.165, 1.54) is 0 Å². The van der Waals surface area contributed by atoms with Crippen molar-refractivity contribution in [1.29, 1.82) is 0 Å². The van der Waals surface area contributed by atoms with Crippen molar-refractivity contribution >= 4 is 23.4 Å². The summed E-state index contributed by atoms with van der Waals surface area (Å²) < 4.78 is 5.50. The summed E-state index contributed by atoms with van der Waals surface area (Å²) in [5, 5.41) is 2.92. The maximum atomic E-state index is 13.5. The smallest absolute Gasteiger partial charge is 0.256 e. The number of nitrogens with one attached hydrogen (secondary N) is 1. The summed E-state index contributed by atoms with van der Waals surface area (Å²) in [4.78, 5) is 42.5. The summed E-state index contributed by atoms with van der Waals surface area (Å²) in [6.07, 6.45) is 2.43. The number of amides is 3. The van der Waals surface area contributed by atoms with Crippen molar-refractivity contribution in [2.75, 3.05) is 24.6 Å². The van der Waals surface area contributed by atoms with E-state index in [0.717, 1.165) is 18.4 Å².